The summed E-state index contributed by atoms with van der Waals surface area (Å²) in [6.07, 6.45) is 0.126. The van der Waals surface area contributed by atoms with Gasteiger partial charge in [-0.3, -0.25) is 9.79 Å². The van der Waals surface area contributed by atoms with Crippen molar-refractivity contribution in [2.45, 2.75) is 18.8 Å². The Labute approximate surface area is 94.3 Å². The molecule has 0 saturated heterocycles. The smallest absolute Gasteiger partial charge is 0.304 e. The third-order valence-corrected chi connectivity index (χ3v) is 2.80. The maximum Gasteiger partial charge on any atom is 0.304 e. The number of carbonyl (C=O) groups is 1. The number of rotatable bonds is 7. The normalized spacial score (nSPS) is 13.9. The molecule has 88 valence electrons. The first-order chi connectivity index (χ1) is 7.10. The molecule has 0 amide bonds. The fourth-order valence-corrected chi connectivity index (χ4v) is 1.57. The van der Waals surface area contributed by atoms with E-state index in [1.54, 1.807) is 14.2 Å². The molecule has 5 nitrogen and oxygen atoms in total. The number of methoxy groups -OCH3 is 1. The standard InChI is InChI=1S/C9H18N2O3S/c1-7(14-3)15-8(10-2)6-11-5-4-9(12)13/h7,11H,4-6H2,1-3H3,(H,12,13). The highest BCUT2D eigenvalue weighted by molar-refractivity contribution is 8.14. The van der Waals surface area contributed by atoms with Crippen LogP contribution in [0.25, 0.3) is 0 Å². The average molecular weight is 234 g/mol. The molecule has 0 bridgehead atoms. The third-order valence-electron chi connectivity index (χ3n) is 1.68. The molecule has 0 radical (unpaired) electrons. The highest BCUT2D eigenvalue weighted by Gasteiger charge is 2.06. The van der Waals surface area contributed by atoms with Crippen molar-refractivity contribution in [2.75, 3.05) is 27.2 Å². The molecule has 0 rings (SSSR count). The first-order valence-electron chi connectivity index (χ1n) is 4.67. The molecule has 6 heteroatoms. The number of aliphatic imine (C=N–C) groups is 1. The number of ether oxygens (including phenoxy) is 1. The summed E-state index contributed by atoms with van der Waals surface area (Å²) in [6.45, 7) is 2.98. The molecular formula is C9H18N2O3S. The topological polar surface area (TPSA) is 70.9 Å². The van der Waals surface area contributed by atoms with E-state index in [1.807, 2.05) is 6.92 Å². The van der Waals surface area contributed by atoms with Gasteiger partial charge in [0.2, 0.25) is 0 Å². The van der Waals surface area contributed by atoms with Crippen LogP contribution in [-0.2, 0) is 9.53 Å². The second-order valence-electron chi connectivity index (χ2n) is 2.86. The molecule has 0 fully saturated rings. The maximum absolute atomic E-state index is 10.2. The number of nitrogens with one attached hydrogen (secondary N) is 1. The zero-order valence-electron chi connectivity index (χ0n) is 9.32. The van der Waals surface area contributed by atoms with Crippen molar-refractivity contribution in [1.82, 2.24) is 5.32 Å². The van der Waals surface area contributed by atoms with E-state index < -0.39 is 5.97 Å². The van der Waals surface area contributed by atoms with Crippen LogP contribution in [0.3, 0.4) is 0 Å². The average Bonchev–Trinajstić information content (AvgIpc) is 2.21. The fourth-order valence-electron chi connectivity index (χ4n) is 0.804. The van der Waals surface area contributed by atoms with Crippen molar-refractivity contribution in [2.24, 2.45) is 4.99 Å². The van der Waals surface area contributed by atoms with E-state index in [0.29, 0.717) is 13.1 Å². The SMILES string of the molecule is CN=C(CNCCC(=O)O)SC(C)OC. The molecule has 0 aliphatic heterocycles. The predicted octanol–water partition coefficient (Wildman–Crippen LogP) is 0.805. The van der Waals surface area contributed by atoms with Gasteiger partial charge in [-0.15, -0.1) is 0 Å². The monoisotopic (exact) mass is 234 g/mol. The van der Waals surface area contributed by atoms with Crippen molar-refractivity contribution >= 4 is 22.8 Å². The summed E-state index contributed by atoms with van der Waals surface area (Å²) in [5, 5.41) is 12.3. The summed E-state index contributed by atoms with van der Waals surface area (Å²) < 4.78 is 5.09. The molecule has 0 aliphatic rings. The highest BCUT2D eigenvalue weighted by Crippen LogP contribution is 2.12. The van der Waals surface area contributed by atoms with Crippen LogP contribution in [0.4, 0.5) is 0 Å². The number of carboxylic acid groups (broad SMARTS) is 1. The van der Waals surface area contributed by atoms with E-state index in [-0.39, 0.29) is 11.9 Å². The number of hydrogen-bond donors (Lipinski definition) is 2. The molecule has 0 aromatic heterocycles. The lowest BCUT2D eigenvalue weighted by Crippen LogP contribution is -2.25. The molecule has 0 saturated carbocycles. The minimum absolute atomic E-state index is 0.0602. The van der Waals surface area contributed by atoms with Crippen LogP contribution in [0.1, 0.15) is 13.3 Å². The molecule has 15 heavy (non-hydrogen) atoms. The van der Waals surface area contributed by atoms with E-state index in [9.17, 15) is 4.79 Å². The van der Waals surface area contributed by atoms with Crippen LogP contribution in [0.5, 0.6) is 0 Å². The largest absolute Gasteiger partial charge is 0.481 e. The van der Waals surface area contributed by atoms with Crippen LogP contribution in [0.15, 0.2) is 4.99 Å². The molecule has 0 heterocycles. The van der Waals surface area contributed by atoms with Gasteiger partial charge in [-0.2, -0.15) is 0 Å². The molecule has 0 aromatic rings. The summed E-state index contributed by atoms with van der Waals surface area (Å²) in [7, 11) is 3.35. The Morgan fingerprint density at radius 2 is 2.33 bits per heavy atom. The molecular weight excluding hydrogens is 216 g/mol. The lowest BCUT2D eigenvalue weighted by molar-refractivity contribution is -0.136. The number of nitrogens with zero attached hydrogens (tertiary/aromatic N) is 1. The fraction of sp³-hybridized carbons (Fsp3) is 0.778. The third kappa shape index (κ3) is 8.41. The van der Waals surface area contributed by atoms with Crippen LogP contribution in [-0.4, -0.2) is 48.8 Å². The zero-order chi connectivity index (χ0) is 11.7. The Hall–Kier alpha value is -0.590. The minimum atomic E-state index is -0.796. The van der Waals surface area contributed by atoms with Gasteiger partial charge < -0.3 is 15.2 Å². The maximum atomic E-state index is 10.2. The van der Waals surface area contributed by atoms with Gasteiger partial charge in [-0.1, -0.05) is 11.8 Å². The predicted molar refractivity (Wildman–Crippen MR) is 62.5 cm³/mol. The molecule has 1 unspecified atom stereocenters. The van der Waals surface area contributed by atoms with E-state index in [2.05, 4.69) is 10.3 Å². The van der Waals surface area contributed by atoms with Crippen LogP contribution >= 0.6 is 11.8 Å². The molecule has 0 spiro atoms. The van der Waals surface area contributed by atoms with E-state index in [1.165, 1.54) is 11.8 Å². The minimum Gasteiger partial charge on any atom is -0.481 e. The van der Waals surface area contributed by atoms with Crippen molar-refractivity contribution < 1.29 is 14.6 Å². The first-order valence-corrected chi connectivity index (χ1v) is 5.55. The number of carboxylic acids is 1. The Kier molecular flexibility index (Phi) is 8.35. The quantitative estimate of drug-likeness (QED) is 0.295. The Morgan fingerprint density at radius 3 is 2.80 bits per heavy atom. The number of hydrogen-bond acceptors (Lipinski definition) is 5. The summed E-state index contributed by atoms with van der Waals surface area (Å²) >= 11 is 1.52. The van der Waals surface area contributed by atoms with Crippen molar-refractivity contribution in [1.29, 1.82) is 0 Å². The lowest BCUT2D eigenvalue weighted by Gasteiger charge is -2.11. The van der Waals surface area contributed by atoms with Crippen LogP contribution in [0, 0.1) is 0 Å². The molecule has 0 aromatic carbocycles. The van der Waals surface area contributed by atoms with E-state index in [0.717, 1.165) is 5.04 Å². The summed E-state index contributed by atoms with van der Waals surface area (Å²) in [5.41, 5.74) is 0.0602. The van der Waals surface area contributed by atoms with Gasteiger partial charge in [0.15, 0.2) is 0 Å². The van der Waals surface area contributed by atoms with Gasteiger partial charge in [-0.05, 0) is 6.92 Å². The van der Waals surface area contributed by atoms with Crippen LogP contribution in [0.2, 0.25) is 0 Å². The lowest BCUT2D eigenvalue weighted by atomic mass is 10.4. The second kappa shape index (κ2) is 8.70. The Morgan fingerprint density at radius 1 is 1.67 bits per heavy atom. The van der Waals surface area contributed by atoms with Gasteiger partial charge in [-0.25, -0.2) is 0 Å². The van der Waals surface area contributed by atoms with Gasteiger partial charge in [0.05, 0.1) is 11.5 Å². The summed E-state index contributed by atoms with van der Waals surface area (Å²) in [6, 6.07) is 0. The number of thioether (sulfide) groups is 1. The second-order valence-corrected chi connectivity index (χ2v) is 4.23. The van der Waals surface area contributed by atoms with Crippen LogP contribution < -0.4 is 5.32 Å². The summed E-state index contributed by atoms with van der Waals surface area (Å²) in [5.74, 6) is -0.796. The van der Waals surface area contributed by atoms with Crippen molar-refractivity contribution in [3.63, 3.8) is 0 Å². The highest BCUT2D eigenvalue weighted by atomic mass is 32.2. The Bertz CT molecular complexity index is 221. The van der Waals surface area contributed by atoms with Gasteiger partial charge in [0, 0.05) is 27.2 Å². The molecule has 2 N–H and O–H groups in total. The first kappa shape index (κ1) is 14.4. The van der Waals surface area contributed by atoms with Gasteiger partial charge in [0.25, 0.3) is 0 Å². The van der Waals surface area contributed by atoms with Gasteiger partial charge in [0.1, 0.15) is 5.44 Å². The van der Waals surface area contributed by atoms with Crippen molar-refractivity contribution in [3.05, 3.63) is 0 Å². The number of aliphatic carboxylic acids is 1. The van der Waals surface area contributed by atoms with E-state index in [4.69, 9.17) is 9.84 Å². The van der Waals surface area contributed by atoms with E-state index >= 15 is 0 Å². The van der Waals surface area contributed by atoms with Gasteiger partial charge >= 0.3 is 5.97 Å². The van der Waals surface area contributed by atoms with Crippen molar-refractivity contribution in [3.8, 4) is 0 Å². The zero-order valence-corrected chi connectivity index (χ0v) is 10.1. The molecule has 0 aliphatic carbocycles. The summed E-state index contributed by atoms with van der Waals surface area (Å²) in [4.78, 5) is 14.3. The Balaban J connectivity index is 3.67. The molecule has 1 atom stereocenters.